The zero-order valence-corrected chi connectivity index (χ0v) is 14.8. The molecule has 1 N–H and O–H groups in total. The van der Waals surface area contributed by atoms with Crippen LogP contribution in [0.5, 0.6) is 0 Å². The molecular formula is C19H22F6O2. The molecule has 1 unspecified atom stereocenters. The van der Waals surface area contributed by atoms with Gasteiger partial charge < -0.3 is 5.11 Å². The molecule has 0 heterocycles. The summed E-state index contributed by atoms with van der Waals surface area (Å²) in [6.07, 6.45) is -3.84. The van der Waals surface area contributed by atoms with E-state index in [2.05, 4.69) is 0 Å². The second-order valence-corrected chi connectivity index (χ2v) is 8.40. The summed E-state index contributed by atoms with van der Waals surface area (Å²) in [4.78, 5) is 12.2. The summed E-state index contributed by atoms with van der Waals surface area (Å²) < 4.78 is 76.8. The second kappa shape index (κ2) is 6.09. The molecule has 0 saturated heterocycles. The minimum absolute atomic E-state index is 0.00692. The quantitative estimate of drug-likeness (QED) is 0.528. The summed E-state index contributed by atoms with van der Waals surface area (Å²) in [5, 5.41) is 9.24. The van der Waals surface area contributed by atoms with Crippen molar-refractivity contribution in [3.05, 3.63) is 24.3 Å². The van der Waals surface area contributed by atoms with Crippen LogP contribution in [0.1, 0.15) is 45.4 Å². The zero-order chi connectivity index (χ0) is 20.3. The highest BCUT2D eigenvalue weighted by atomic mass is 19.4. The Morgan fingerprint density at radius 2 is 1.70 bits per heavy atom. The van der Waals surface area contributed by atoms with E-state index >= 15 is 0 Å². The topological polar surface area (TPSA) is 37.3 Å². The molecule has 152 valence electrons. The van der Waals surface area contributed by atoms with Gasteiger partial charge in [0.1, 0.15) is 5.78 Å². The van der Waals surface area contributed by atoms with Crippen molar-refractivity contribution in [1.29, 1.82) is 0 Å². The number of allylic oxidation sites excluding steroid dienone is 3. The number of carbonyl (C=O) groups is 1. The third-order valence-electron chi connectivity index (χ3n) is 6.70. The monoisotopic (exact) mass is 396 g/mol. The maximum Gasteiger partial charge on any atom is 0.429 e. The summed E-state index contributed by atoms with van der Waals surface area (Å²) in [6, 6.07) is 0. The zero-order valence-electron chi connectivity index (χ0n) is 14.8. The number of hydrogen-bond acceptors (Lipinski definition) is 2. The molecule has 2 nitrogen and oxygen atoms in total. The van der Waals surface area contributed by atoms with Crippen molar-refractivity contribution in [2.45, 2.75) is 63.4 Å². The molecule has 2 saturated carbocycles. The van der Waals surface area contributed by atoms with Crippen LogP contribution in [0.2, 0.25) is 0 Å². The molecule has 3 rings (SSSR count). The van der Waals surface area contributed by atoms with E-state index in [1.807, 2.05) is 19.1 Å². The second-order valence-electron chi connectivity index (χ2n) is 8.40. The van der Waals surface area contributed by atoms with Crippen molar-refractivity contribution in [2.75, 3.05) is 0 Å². The molecular weight excluding hydrogens is 374 g/mol. The highest BCUT2D eigenvalue weighted by molar-refractivity contribution is 5.85. The maximum absolute atomic E-state index is 12.8. The molecule has 0 radical (unpaired) electrons. The van der Waals surface area contributed by atoms with Gasteiger partial charge in [-0.2, -0.15) is 26.3 Å². The van der Waals surface area contributed by atoms with Crippen LogP contribution in [0.25, 0.3) is 0 Å². The van der Waals surface area contributed by atoms with E-state index in [0.717, 1.165) is 18.9 Å². The lowest BCUT2D eigenvalue weighted by Gasteiger charge is -2.43. The van der Waals surface area contributed by atoms with Crippen LogP contribution in [0.15, 0.2) is 24.3 Å². The van der Waals surface area contributed by atoms with Gasteiger partial charge in [0.05, 0.1) is 0 Å². The van der Waals surface area contributed by atoms with Crippen LogP contribution in [-0.2, 0) is 4.79 Å². The van der Waals surface area contributed by atoms with Crippen LogP contribution in [0.4, 0.5) is 26.3 Å². The van der Waals surface area contributed by atoms with Gasteiger partial charge in [-0.05, 0) is 54.9 Å². The minimum Gasteiger partial charge on any atom is -0.370 e. The predicted molar refractivity (Wildman–Crippen MR) is 85.6 cm³/mol. The Morgan fingerprint density at radius 3 is 2.22 bits per heavy atom. The molecule has 2 fully saturated rings. The molecule has 0 aromatic carbocycles. The maximum atomic E-state index is 12.8. The van der Waals surface area contributed by atoms with Crippen LogP contribution < -0.4 is 0 Å². The number of ketones is 1. The van der Waals surface area contributed by atoms with Crippen molar-refractivity contribution in [1.82, 2.24) is 0 Å². The molecule has 3 aliphatic rings. The van der Waals surface area contributed by atoms with Gasteiger partial charge >= 0.3 is 12.4 Å². The van der Waals surface area contributed by atoms with Gasteiger partial charge in [0.2, 0.25) is 0 Å². The molecule has 0 spiro atoms. The fourth-order valence-electron chi connectivity index (χ4n) is 4.96. The molecule has 27 heavy (non-hydrogen) atoms. The SMILES string of the molecule is C[C@]12CCCC(=O)[C@@H]1C=CC2C1(C/C=C/C(O)(C(F)(F)F)C(F)(F)F)CC1. The first-order valence-corrected chi connectivity index (χ1v) is 9.01. The summed E-state index contributed by atoms with van der Waals surface area (Å²) in [6.45, 7) is 1.99. The average Bonchev–Trinajstić information content (AvgIpc) is 3.19. The number of rotatable bonds is 4. The summed E-state index contributed by atoms with van der Waals surface area (Å²) in [5.74, 6) is -0.133. The molecule has 8 heteroatoms. The third kappa shape index (κ3) is 3.13. The van der Waals surface area contributed by atoms with E-state index < -0.39 is 23.4 Å². The molecule has 0 aromatic rings. The van der Waals surface area contributed by atoms with Crippen molar-refractivity contribution in [3.8, 4) is 0 Å². The standard InChI is InChI=1S/C19H22F6O2/c1-15-7-2-4-13(26)12(15)5-6-14(15)16(10-11-16)8-3-9-17(27,18(20,21)22)19(23,24)25/h3,5-6,9,12,14,27H,2,4,7-8,10-11H2,1H3/b9-3+/t12-,14?,15-/m0/s1. The Labute approximate surface area is 153 Å². The van der Waals surface area contributed by atoms with Gasteiger partial charge in [-0.1, -0.05) is 25.2 Å². The highest BCUT2D eigenvalue weighted by Gasteiger charge is 2.69. The molecule has 0 aliphatic heterocycles. The Morgan fingerprint density at radius 1 is 1.11 bits per heavy atom. The number of halogens is 6. The lowest BCUT2D eigenvalue weighted by atomic mass is 9.60. The Kier molecular flexibility index (Phi) is 4.61. The highest BCUT2D eigenvalue weighted by Crippen LogP contribution is 2.66. The van der Waals surface area contributed by atoms with Gasteiger partial charge in [0, 0.05) is 12.3 Å². The fourth-order valence-corrected chi connectivity index (χ4v) is 4.96. The van der Waals surface area contributed by atoms with Crippen LogP contribution in [0, 0.1) is 22.7 Å². The Hall–Kier alpha value is -1.31. The van der Waals surface area contributed by atoms with Crippen molar-refractivity contribution < 1.29 is 36.2 Å². The number of aliphatic hydroxyl groups is 1. The van der Waals surface area contributed by atoms with E-state index in [1.54, 1.807) is 0 Å². The van der Waals surface area contributed by atoms with Gasteiger partial charge in [-0.15, -0.1) is 0 Å². The molecule has 0 aromatic heterocycles. The number of alkyl halides is 6. The van der Waals surface area contributed by atoms with Crippen LogP contribution >= 0.6 is 0 Å². The first-order chi connectivity index (χ1) is 12.3. The third-order valence-corrected chi connectivity index (χ3v) is 6.70. The Bertz CT molecular complexity index is 657. The van der Waals surface area contributed by atoms with Gasteiger partial charge in [-0.25, -0.2) is 0 Å². The molecule has 3 atom stereocenters. The van der Waals surface area contributed by atoms with Gasteiger partial charge in [0.15, 0.2) is 0 Å². The number of fused-ring (bicyclic) bond motifs is 1. The summed E-state index contributed by atoms with van der Waals surface area (Å²) >= 11 is 0. The predicted octanol–water partition coefficient (Wildman–Crippen LogP) is 5.13. The number of carbonyl (C=O) groups excluding carboxylic acids is 1. The van der Waals surface area contributed by atoms with E-state index in [1.165, 1.54) is 0 Å². The van der Waals surface area contributed by atoms with Gasteiger partial charge in [0.25, 0.3) is 5.60 Å². The summed E-state index contributed by atoms with van der Waals surface area (Å²) in [5.41, 5.74) is -5.62. The van der Waals surface area contributed by atoms with E-state index in [4.69, 9.17) is 0 Å². The van der Waals surface area contributed by atoms with Crippen molar-refractivity contribution in [2.24, 2.45) is 22.7 Å². The fraction of sp³-hybridized carbons (Fsp3) is 0.737. The first-order valence-electron chi connectivity index (χ1n) is 9.01. The van der Waals surface area contributed by atoms with Crippen LogP contribution in [-0.4, -0.2) is 28.8 Å². The summed E-state index contributed by atoms with van der Waals surface area (Å²) in [7, 11) is 0. The molecule has 0 bridgehead atoms. The minimum atomic E-state index is -5.85. The lowest BCUT2D eigenvalue weighted by molar-refractivity contribution is -0.347. The first kappa shape index (κ1) is 20.4. The molecule has 0 amide bonds. The van der Waals surface area contributed by atoms with Crippen molar-refractivity contribution in [3.63, 3.8) is 0 Å². The number of hydrogen-bond donors (Lipinski definition) is 1. The van der Waals surface area contributed by atoms with Crippen LogP contribution in [0.3, 0.4) is 0 Å². The smallest absolute Gasteiger partial charge is 0.370 e. The van der Waals surface area contributed by atoms with E-state index in [-0.39, 0.29) is 35.5 Å². The largest absolute Gasteiger partial charge is 0.429 e. The van der Waals surface area contributed by atoms with E-state index in [9.17, 15) is 36.2 Å². The Balaban J connectivity index is 1.79. The van der Waals surface area contributed by atoms with E-state index in [0.29, 0.717) is 19.3 Å². The molecule has 3 aliphatic carbocycles. The van der Waals surface area contributed by atoms with Crippen molar-refractivity contribution >= 4 is 5.78 Å². The number of Topliss-reactive ketones (excluding diaryl/α,β-unsaturated/α-hetero) is 1. The normalized spacial score (nSPS) is 33.6. The average molecular weight is 396 g/mol. The van der Waals surface area contributed by atoms with Gasteiger partial charge in [-0.3, -0.25) is 4.79 Å². The lowest BCUT2D eigenvalue weighted by Crippen LogP contribution is -2.55.